The summed E-state index contributed by atoms with van der Waals surface area (Å²) in [5, 5.41) is 17.8. The van der Waals surface area contributed by atoms with Crippen LogP contribution in [0.2, 0.25) is 0 Å². The van der Waals surface area contributed by atoms with Crippen LogP contribution in [0.25, 0.3) is 0 Å². The zero-order chi connectivity index (χ0) is 13.8. The number of aliphatic hydroxyl groups excluding tert-OH is 1. The zero-order valence-electron chi connectivity index (χ0n) is 10.3. The molecular formula is C13H15NO5. The van der Waals surface area contributed by atoms with Gasteiger partial charge in [-0.3, -0.25) is 4.79 Å². The lowest BCUT2D eigenvalue weighted by Gasteiger charge is -2.32. The molecule has 2 N–H and O–H groups in total. The molecule has 19 heavy (non-hydrogen) atoms. The first kappa shape index (κ1) is 13.5. The lowest BCUT2D eigenvalue weighted by Crippen LogP contribution is -2.46. The standard InChI is InChI=1S/C13H15NO5/c15-8-11-7-14(5-6-19-11)12(16)9-1-3-10(4-2-9)13(17)18/h1-4,11,15H,5-8H2,(H,17,18). The second kappa shape index (κ2) is 5.81. The van der Waals surface area contributed by atoms with Crippen LogP contribution in [-0.2, 0) is 4.74 Å². The van der Waals surface area contributed by atoms with E-state index in [-0.39, 0.29) is 24.2 Å². The van der Waals surface area contributed by atoms with Gasteiger partial charge in [-0.2, -0.15) is 0 Å². The van der Waals surface area contributed by atoms with Crippen molar-refractivity contribution in [3.8, 4) is 0 Å². The molecule has 102 valence electrons. The van der Waals surface area contributed by atoms with Gasteiger partial charge in [0.25, 0.3) is 5.91 Å². The predicted octanol–water partition coefficient (Wildman–Crippen LogP) is 0.218. The number of ether oxygens (including phenoxy) is 1. The van der Waals surface area contributed by atoms with Crippen molar-refractivity contribution in [1.29, 1.82) is 0 Å². The van der Waals surface area contributed by atoms with Crippen LogP contribution in [0, 0.1) is 0 Å². The van der Waals surface area contributed by atoms with Crippen molar-refractivity contribution < 1.29 is 24.5 Å². The topological polar surface area (TPSA) is 87.1 Å². The van der Waals surface area contributed by atoms with Gasteiger partial charge in [0.1, 0.15) is 0 Å². The minimum Gasteiger partial charge on any atom is -0.478 e. The largest absolute Gasteiger partial charge is 0.478 e. The Morgan fingerprint density at radius 1 is 1.26 bits per heavy atom. The minimum absolute atomic E-state index is 0.123. The summed E-state index contributed by atoms with van der Waals surface area (Å²) in [6, 6.07) is 5.80. The Hall–Kier alpha value is -1.92. The van der Waals surface area contributed by atoms with E-state index in [0.29, 0.717) is 25.3 Å². The van der Waals surface area contributed by atoms with E-state index in [4.69, 9.17) is 14.9 Å². The fourth-order valence-electron chi connectivity index (χ4n) is 1.95. The highest BCUT2D eigenvalue weighted by Gasteiger charge is 2.24. The zero-order valence-corrected chi connectivity index (χ0v) is 10.3. The van der Waals surface area contributed by atoms with Crippen LogP contribution < -0.4 is 0 Å². The number of carbonyl (C=O) groups is 2. The van der Waals surface area contributed by atoms with E-state index in [9.17, 15) is 9.59 Å². The van der Waals surface area contributed by atoms with E-state index >= 15 is 0 Å². The van der Waals surface area contributed by atoms with Gasteiger partial charge in [-0.05, 0) is 24.3 Å². The second-order valence-electron chi connectivity index (χ2n) is 4.31. The highest BCUT2D eigenvalue weighted by Crippen LogP contribution is 2.11. The van der Waals surface area contributed by atoms with E-state index in [2.05, 4.69) is 0 Å². The lowest BCUT2D eigenvalue weighted by molar-refractivity contribution is -0.0447. The molecule has 0 aromatic heterocycles. The molecule has 1 amide bonds. The van der Waals surface area contributed by atoms with Crippen LogP contribution in [0.5, 0.6) is 0 Å². The van der Waals surface area contributed by atoms with E-state index < -0.39 is 5.97 Å². The first-order valence-electron chi connectivity index (χ1n) is 5.97. The number of carboxylic acids is 1. The molecule has 1 atom stereocenters. The van der Waals surface area contributed by atoms with Crippen LogP contribution in [0.15, 0.2) is 24.3 Å². The lowest BCUT2D eigenvalue weighted by atomic mass is 10.1. The molecule has 1 aromatic carbocycles. The number of aromatic carboxylic acids is 1. The van der Waals surface area contributed by atoms with E-state index in [1.165, 1.54) is 24.3 Å². The average Bonchev–Trinajstić information content (AvgIpc) is 2.46. The molecule has 1 aromatic rings. The summed E-state index contributed by atoms with van der Waals surface area (Å²) in [7, 11) is 0. The molecule has 1 unspecified atom stereocenters. The van der Waals surface area contributed by atoms with Gasteiger partial charge in [0.15, 0.2) is 0 Å². The van der Waals surface area contributed by atoms with Gasteiger partial charge < -0.3 is 19.8 Å². The molecule has 0 radical (unpaired) electrons. The number of hydrogen-bond acceptors (Lipinski definition) is 4. The number of aliphatic hydroxyl groups is 1. The van der Waals surface area contributed by atoms with Gasteiger partial charge in [0.2, 0.25) is 0 Å². The number of carboxylic acid groups (broad SMARTS) is 1. The van der Waals surface area contributed by atoms with Gasteiger partial charge in [0, 0.05) is 18.7 Å². The SMILES string of the molecule is O=C(O)c1ccc(C(=O)N2CCOC(CO)C2)cc1. The normalized spacial score (nSPS) is 19.2. The smallest absolute Gasteiger partial charge is 0.335 e. The monoisotopic (exact) mass is 265 g/mol. The van der Waals surface area contributed by atoms with E-state index in [1.54, 1.807) is 4.90 Å². The molecule has 0 bridgehead atoms. The molecule has 6 heteroatoms. The number of amides is 1. The third kappa shape index (κ3) is 3.10. The van der Waals surface area contributed by atoms with Crippen LogP contribution in [-0.4, -0.2) is 59.4 Å². The fraction of sp³-hybridized carbons (Fsp3) is 0.385. The summed E-state index contributed by atoms with van der Waals surface area (Å²) in [5.41, 5.74) is 0.579. The van der Waals surface area contributed by atoms with Crippen LogP contribution >= 0.6 is 0 Å². The number of morpholine rings is 1. The maximum atomic E-state index is 12.2. The summed E-state index contributed by atoms with van der Waals surface area (Å²) < 4.78 is 5.27. The highest BCUT2D eigenvalue weighted by atomic mass is 16.5. The first-order valence-corrected chi connectivity index (χ1v) is 5.97. The molecule has 0 spiro atoms. The third-order valence-corrected chi connectivity index (χ3v) is 3.01. The van der Waals surface area contributed by atoms with Gasteiger partial charge in [0.05, 0.1) is 24.9 Å². The van der Waals surface area contributed by atoms with Crippen molar-refractivity contribution in [3.63, 3.8) is 0 Å². The predicted molar refractivity (Wildman–Crippen MR) is 66.1 cm³/mol. The molecule has 1 fully saturated rings. The Bertz CT molecular complexity index is 470. The second-order valence-corrected chi connectivity index (χ2v) is 4.31. The van der Waals surface area contributed by atoms with Crippen molar-refractivity contribution in [1.82, 2.24) is 4.90 Å². The number of hydrogen-bond donors (Lipinski definition) is 2. The maximum Gasteiger partial charge on any atom is 0.335 e. The fourth-order valence-corrected chi connectivity index (χ4v) is 1.95. The summed E-state index contributed by atoms with van der Waals surface area (Å²) >= 11 is 0. The molecule has 1 aliphatic heterocycles. The quantitative estimate of drug-likeness (QED) is 0.816. The first-order chi connectivity index (χ1) is 9.11. The summed E-state index contributed by atoms with van der Waals surface area (Å²) in [6.07, 6.45) is -0.351. The minimum atomic E-state index is -1.02. The van der Waals surface area contributed by atoms with Gasteiger partial charge in [-0.1, -0.05) is 0 Å². The summed E-state index contributed by atoms with van der Waals surface area (Å²) in [5.74, 6) is -1.20. The van der Waals surface area contributed by atoms with E-state index in [1.807, 2.05) is 0 Å². The van der Waals surface area contributed by atoms with Crippen molar-refractivity contribution >= 4 is 11.9 Å². The maximum absolute atomic E-state index is 12.2. The number of benzene rings is 1. The van der Waals surface area contributed by atoms with E-state index in [0.717, 1.165) is 0 Å². The van der Waals surface area contributed by atoms with Gasteiger partial charge >= 0.3 is 5.97 Å². The number of nitrogens with zero attached hydrogens (tertiary/aromatic N) is 1. The van der Waals surface area contributed by atoms with Crippen molar-refractivity contribution in [3.05, 3.63) is 35.4 Å². The Morgan fingerprint density at radius 3 is 2.47 bits per heavy atom. The molecular weight excluding hydrogens is 250 g/mol. The molecule has 6 nitrogen and oxygen atoms in total. The molecule has 1 aliphatic rings. The highest BCUT2D eigenvalue weighted by molar-refractivity contribution is 5.96. The van der Waals surface area contributed by atoms with Crippen molar-refractivity contribution in [2.24, 2.45) is 0 Å². The molecule has 1 saturated heterocycles. The Kier molecular flexibility index (Phi) is 4.13. The Balaban J connectivity index is 2.08. The van der Waals surface area contributed by atoms with Crippen LogP contribution in [0.1, 0.15) is 20.7 Å². The van der Waals surface area contributed by atoms with Crippen molar-refractivity contribution in [2.75, 3.05) is 26.3 Å². The third-order valence-electron chi connectivity index (χ3n) is 3.01. The molecule has 1 heterocycles. The molecule has 0 aliphatic carbocycles. The van der Waals surface area contributed by atoms with Crippen LogP contribution in [0.3, 0.4) is 0 Å². The molecule has 0 saturated carbocycles. The summed E-state index contributed by atoms with van der Waals surface area (Å²) in [4.78, 5) is 24.5. The van der Waals surface area contributed by atoms with Gasteiger partial charge in [-0.25, -0.2) is 4.79 Å². The van der Waals surface area contributed by atoms with Crippen LogP contribution in [0.4, 0.5) is 0 Å². The summed E-state index contributed by atoms with van der Waals surface area (Å²) in [6.45, 7) is 1.08. The Labute approximate surface area is 110 Å². The Morgan fingerprint density at radius 2 is 1.89 bits per heavy atom. The molecule has 2 rings (SSSR count). The van der Waals surface area contributed by atoms with Crippen molar-refractivity contribution in [2.45, 2.75) is 6.10 Å². The van der Waals surface area contributed by atoms with Gasteiger partial charge in [-0.15, -0.1) is 0 Å². The average molecular weight is 265 g/mol. The number of carbonyl (C=O) groups excluding carboxylic acids is 1. The number of rotatable bonds is 3.